The quantitative estimate of drug-likeness (QED) is 0.641. The number of nitrogens with one attached hydrogen (secondary N) is 2. The maximum Gasteiger partial charge on any atom is 0.254 e. The molecule has 0 spiro atoms. The molecule has 0 bridgehead atoms. The predicted molar refractivity (Wildman–Crippen MR) is 91.8 cm³/mol. The van der Waals surface area contributed by atoms with Crippen molar-refractivity contribution in [3.8, 4) is 0 Å². The van der Waals surface area contributed by atoms with Crippen LogP contribution in [0.25, 0.3) is 0 Å². The first-order chi connectivity index (χ1) is 11.2. The van der Waals surface area contributed by atoms with Crippen molar-refractivity contribution in [2.75, 3.05) is 0 Å². The van der Waals surface area contributed by atoms with E-state index in [1.165, 1.54) is 31.0 Å². The Balaban J connectivity index is 1.65. The van der Waals surface area contributed by atoms with Crippen LogP contribution in [0.15, 0.2) is 9.95 Å². The molecular weight excluding hydrogens is 310 g/mol. The molecule has 2 aliphatic rings. The Labute approximate surface area is 141 Å². The van der Waals surface area contributed by atoms with Gasteiger partial charge in [-0.3, -0.25) is 9.59 Å². The van der Waals surface area contributed by atoms with Crippen molar-refractivity contribution in [1.29, 1.82) is 0 Å². The van der Waals surface area contributed by atoms with Crippen molar-refractivity contribution >= 4 is 17.7 Å². The van der Waals surface area contributed by atoms with Crippen molar-refractivity contribution in [3.05, 3.63) is 21.6 Å². The highest BCUT2D eigenvalue weighted by molar-refractivity contribution is 8.00. The first-order valence-corrected chi connectivity index (χ1v) is 9.64. The molecule has 2 N–H and O–H groups in total. The van der Waals surface area contributed by atoms with Crippen LogP contribution in [0.5, 0.6) is 0 Å². The molecule has 1 aromatic rings. The van der Waals surface area contributed by atoms with E-state index in [2.05, 4.69) is 15.3 Å². The van der Waals surface area contributed by atoms with Crippen LogP contribution in [-0.2, 0) is 17.6 Å². The molecule has 1 amide bonds. The SMILES string of the molecule is CC[C@@H](Sc1nc2c(c(=O)[nH]1)CCC2)C(=O)NC1CCCCC1. The molecule has 0 saturated heterocycles. The van der Waals surface area contributed by atoms with E-state index in [0.29, 0.717) is 11.2 Å². The zero-order valence-corrected chi connectivity index (χ0v) is 14.5. The van der Waals surface area contributed by atoms with E-state index >= 15 is 0 Å². The molecule has 23 heavy (non-hydrogen) atoms. The monoisotopic (exact) mass is 335 g/mol. The third-order valence-corrected chi connectivity index (χ3v) is 6.04. The second-order valence-electron chi connectivity index (χ2n) is 6.51. The Morgan fingerprint density at radius 3 is 2.83 bits per heavy atom. The highest BCUT2D eigenvalue weighted by atomic mass is 32.2. The molecule has 2 aliphatic carbocycles. The number of hydrogen-bond donors (Lipinski definition) is 2. The lowest BCUT2D eigenvalue weighted by Crippen LogP contribution is -2.41. The Kier molecular flexibility index (Phi) is 5.41. The third kappa shape index (κ3) is 3.97. The van der Waals surface area contributed by atoms with E-state index in [1.54, 1.807) is 0 Å². The minimum absolute atomic E-state index is 0.0301. The smallest absolute Gasteiger partial charge is 0.254 e. The van der Waals surface area contributed by atoms with E-state index in [0.717, 1.165) is 49.8 Å². The number of amides is 1. The van der Waals surface area contributed by atoms with Gasteiger partial charge in [-0.15, -0.1) is 0 Å². The molecule has 1 fully saturated rings. The highest BCUT2D eigenvalue weighted by Gasteiger charge is 2.24. The molecule has 1 aromatic heterocycles. The van der Waals surface area contributed by atoms with Crippen LogP contribution in [-0.4, -0.2) is 27.2 Å². The lowest BCUT2D eigenvalue weighted by molar-refractivity contribution is -0.121. The normalized spacial score (nSPS) is 19.3. The summed E-state index contributed by atoms with van der Waals surface area (Å²) in [5.41, 5.74) is 1.71. The first kappa shape index (κ1) is 16.6. The molecule has 1 heterocycles. The lowest BCUT2D eigenvalue weighted by Gasteiger charge is -2.24. The molecule has 0 radical (unpaired) electrons. The number of aryl methyl sites for hydroxylation is 1. The van der Waals surface area contributed by atoms with E-state index < -0.39 is 0 Å². The van der Waals surface area contributed by atoms with Gasteiger partial charge in [-0.1, -0.05) is 37.9 Å². The van der Waals surface area contributed by atoms with Crippen molar-refractivity contribution in [3.63, 3.8) is 0 Å². The molecule has 1 saturated carbocycles. The van der Waals surface area contributed by atoms with Gasteiger partial charge in [0.1, 0.15) is 0 Å². The first-order valence-electron chi connectivity index (χ1n) is 8.76. The van der Waals surface area contributed by atoms with Gasteiger partial charge in [-0.2, -0.15) is 0 Å². The van der Waals surface area contributed by atoms with Gasteiger partial charge in [-0.05, 0) is 38.5 Å². The number of aromatic nitrogens is 2. The molecule has 1 atom stereocenters. The van der Waals surface area contributed by atoms with Crippen LogP contribution < -0.4 is 10.9 Å². The molecule has 0 unspecified atom stereocenters. The van der Waals surface area contributed by atoms with Crippen LogP contribution in [0.2, 0.25) is 0 Å². The van der Waals surface area contributed by atoms with Crippen molar-refractivity contribution in [1.82, 2.24) is 15.3 Å². The summed E-state index contributed by atoms with van der Waals surface area (Å²) in [5.74, 6) is 0.0764. The van der Waals surface area contributed by atoms with Crippen molar-refractivity contribution in [2.45, 2.75) is 81.2 Å². The summed E-state index contributed by atoms with van der Waals surface area (Å²) >= 11 is 1.39. The predicted octanol–water partition coefficient (Wildman–Crippen LogP) is 2.58. The van der Waals surface area contributed by atoms with E-state index in [9.17, 15) is 9.59 Å². The zero-order chi connectivity index (χ0) is 16.2. The number of nitrogens with zero attached hydrogens (tertiary/aromatic N) is 1. The zero-order valence-electron chi connectivity index (χ0n) is 13.7. The molecular formula is C17H25N3O2S. The minimum Gasteiger partial charge on any atom is -0.352 e. The van der Waals surface area contributed by atoms with Crippen molar-refractivity contribution < 1.29 is 4.79 Å². The van der Waals surface area contributed by atoms with Crippen molar-refractivity contribution in [2.24, 2.45) is 0 Å². The summed E-state index contributed by atoms with van der Waals surface area (Å²) in [6.07, 6.45) is 9.27. The van der Waals surface area contributed by atoms with Crippen LogP contribution >= 0.6 is 11.8 Å². The topological polar surface area (TPSA) is 74.8 Å². The standard InChI is InChI=1S/C17H25N3O2S/c1-2-14(16(22)18-11-7-4-3-5-8-11)23-17-19-13-10-6-9-12(13)15(21)20-17/h11,14H,2-10H2,1H3,(H,18,22)(H,19,20,21)/t14-/m1/s1. The van der Waals surface area contributed by atoms with E-state index in [-0.39, 0.29) is 16.7 Å². The lowest BCUT2D eigenvalue weighted by atomic mass is 9.95. The number of carbonyl (C=O) groups excluding carboxylic acids is 1. The maximum atomic E-state index is 12.5. The van der Waals surface area contributed by atoms with Gasteiger partial charge in [-0.25, -0.2) is 4.98 Å². The summed E-state index contributed by atoms with van der Waals surface area (Å²) in [7, 11) is 0. The summed E-state index contributed by atoms with van der Waals surface area (Å²) in [6.45, 7) is 2.00. The average Bonchev–Trinajstić information content (AvgIpc) is 3.02. The number of thioether (sulfide) groups is 1. The van der Waals surface area contributed by atoms with E-state index in [4.69, 9.17) is 0 Å². The summed E-state index contributed by atoms with van der Waals surface area (Å²) < 4.78 is 0. The fourth-order valence-electron chi connectivity index (χ4n) is 3.47. The van der Waals surface area contributed by atoms with Gasteiger partial charge in [0.2, 0.25) is 5.91 Å². The number of rotatable bonds is 5. The molecule has 0 aliphatic heterocycles. The third-order valence-electron chi connectivity index (χ3n) is 4.79. The number of carbonyl (C=O) groups is 1. The number of aromatic amines is 1. The largest absolute Gasteiger partial charge is 0.352 e. The fourth-order valence-corrected chi connectivity index (χ4v) is 4.40. The summed E-state index contributed by atoms with van der Waals surface area (Å²) in [4.78, 5) is 32.0. The maximum absolute atomic E-state index is 12.5. The second-order valence-corrected chi connectivity index (χ2v) is 7.70. The number of fused-ring (bicyclic) bond motifs is 1. The van der Waals surface area contributed by atoms with Gasteiger partial charge in [0.25, 0.3) is 5.56 Å². The Morgan fingerprint density at radius 2 is 2.09 bits per heavy atom. The highest BCUT2D eigenvalue weighted by Crippen LogP contribution is 2.25. The Hall–Kier alpha value is -1.30. The molecule has 126 valence electrons. The van der Waals surface area contributed by atoms with Gasteiger partial charge >= 0.3 is 0 Å². The second kappa shape index (κ2) is 7.51. The van der Waals surface area contributed by atoms with Crippen LogP contribution in [0.4, 0.5) is 0 Å². The summed E-state index contributed by atoms with van der Waals surface area (Å²) in [5, 5.41) is 3.57. The molecule has 3 rings (SSSR count). The number of H-pyrrole nitrogens is 1. The van der Waals surface area contributed by atoms with Crippen LogP contribution in [0.1, 0.15) is 63.1 Å². The van der Waals surface area contributed by atoms with Gasteiger partial charge in [0, 0.05) is 11.6 Å². The van der Waals surface area contributed by atoms with Gasteiger partial charge in [0.15, 0.2) is 5.16 Å². The van der Waals surface area contributed by atoms with Crippen LogP contribution in [0.3, 0.4) is 0 Å². The average molecular weight is 335 g/mol. The summed E-state index contributed by atoms with van der Waals surface area (Å²) in [6, 6.07) is 0.318. The van der Waals surface area contributed by atoms with Crippen LogP contribution in [0, 0.1) is 0 Å². The Bertz CT molecular complexity index is 623. The van der Waals surface area contributed by atoms with E-state index in [1.807, 2.05) is 6.92 Å². The Morgan fingerprint density at radius 1 is 1.30 bits per heavy atom. The van der Waals surface area contributed by atoms with Gasteiger partial charge < -0.3 is 10.3 Å². The minimum atomic E-state index is -0.195. The molecule has 0 aromatic carbocycles. The fraction of sp³-hybridized carbons (Fsp3) is 0.706. The molecule has 5 nitrogen and oxygen atoms in total. The van der Waals surface area contributed by atoms with Gasteiger partial charge in [0.05, 0.1) is 10.9 Å². The molecule has 6 heteroatoms. The number of hydrogen-bond acceptors (Lipinski definition) is 4.